The van der Waals surface area contributed by atoms with E-state index in [4.69, 9.17) is 19.3 Å². The summed E-state index contributed by atoms with van der Waals surface area (Å²) in [4.78, 5) is 28.5. The smallest absolute Gasteiger partial charge is 0.262 e. The first-order valence-electron chi connectivity index (χ1n) is 12.0. The summed E-state index contributed by atoms with van der Waals surface area (Å²) in [5, 5.41) is 6.24. The van der Waals surface area contributed by atoms with Crippen LogP contribution in [0.3, 0.4) is 0 Å². The van der Waals surface area contributed by atoms with Crippen LogP contribution in [0.1, 0.15) is 33.9 Å². The molecule has 0 N–H and O–H groups in total. The van der Waals surface area contributed by atoms with Gasteiger partial charge in [0.05, 0.1) is 32.6 Å². The van der Waals surface area contributed by atoms with Crippen LogP contribution in [-0.2, 0) is 9.53 Å². The molecule has 1 aliphatic rings. The van der Waals surface area contributed by atoms with Crippen molar-refractivity contribution >= 4 is 17.5 Å². The zero-order chi connectivity index (χ0) is 26.2. The quantitative estimate of drug-likeness (QED) is 0.417. The molecule has 1 aliphatic heterocycles. The molecule has 0 unspecified atom stereocenters. The number of hydrazone groups is 1. The van der Waals surface area contributed by atoms with Crippen LogP contribution >= 0.6 is 0 Å². The lowest BCUT2D eigenvalue weighted by molar-refractivity contribution is -0.133. The van der Waals surface area contributed by atoms with E-state index in [1.165, 1.54) is 9.91 Å². The Hall–Kier alpha value is -4.17. The molecule has 0 aromatic heterocycles. The second kappa shape index (κ2) is 12.2. The van der Waals surface area contributed by atoms with Crippen LogP contribution in [0, 0.1) is 0 Å². The highest BCUT2D eigenvalue weighted by molar-refractivity contribution is 6.04. The number of amides is 2. The van der Waals surface area contributed by atoms with Crippen LogP contribution < -0.4 is 9.47 Å². The maximum Gasteiger partial charge on any atom is 0.262 e. The molecule has 0 aliphatic carbocycles. The molecule has 3 aromatic rings. The maximum absolute atomic E-state index is 13.7. The van der Waals surface area contributed by atoms with Crippen LogP contribution in [0.15, 0.2) is 84.0 Å². The third kappa shape index (κ3) is 6.16. The van der Waals surface area contributed by atoms with E-state index in [9.17, 15) is 9.59 Å². The SMILES string of the molecule is COCCN(CC(=O)N1N=C(c2cccc(OC)c2)C[C@H]1c1ccccc1)C(=O)c1ccc(OC)cc1. The van der Waals surface area contributed by atoms with Gasteiger partial charge in [-0.2, -0.15) is 5.10 Å². The molecule has 3 aromatic carbocycles. The molecule has 192 valence electrons. The van der Waals surface area contributed by atoms with Gasteiger partial charge in [0, 0.05) is 31.2 Å². The Balaban J connectivity index is 1.61. The van der Waals surface area contributed by atoms with E-state index in [1.807, 2.05) is 54.6 Å². The van der Waals surface area contributed by atoms with E-state index in [-0.39, 0.29) is 30.9 Å². The van der Waals surface area contributed by atoms with Gasteiger partial charge in [-0.3, -0.25) is 9.59 Å². The number of hydrogen-bond acceptors (Lipinski definition) is 6. The fourth-order valence-electron chi connectivity index (χ4n) is 4.26. The van der Waals surface area contributed by atoms with Gasteiger partial charge >= 0.3 is 0 Å². The Morgan fingerprint density at radius 3 is 2.32 bits per heavy atom. The molecule has 1 heterocycles. The second-order valence-electron chi connectivity index (χ2n) is 8.60. The molecule has 0 saturated heterocycles. The minimum absolute atomic E-state index is 0.132. The molecule has 8 heteroatoms. The number of benzene rings is 3. The summed E-state index contributed by atoms with van der Waals surface area (Å²) in [7, 11) is 4.75. The van der Waals surface area contributed by atoms with Gasteiger partial charge in [0.15, 0.2) is 0 Å². The maximum atomic E-state index is 13.7. The summed E-state index contributed by atoms with van der Waals surface area (Å²) in [5.41, 5.74) is 3.11. The molecular formula is C29H31N3O5. The average Bonchev–Trinajstić information content (AvgIpc) is 3.41. The van der Waals surface area contributed by atoms with Crippen LogP contribution in [0.4, 0.5) is 0 Å². The number of methoxy groups -OCH3 is 3. The third-order valence-electron chi connectivity index (χ3n) is 6.27. The van der Waals surface area contributed by atoms with E-state index in [1.54, 1.807) is 45.6 Å². The topological polar surface area (TPSA) is 80.7 Å². The molecule has 8 nitrogen and oxygen atoms in total. The number of nitrogens with zero attached hydrogens (tertiary/aromatic N) is 3. The first-order valence-corrected chi connectivity index (χ1v) is 12.0. The molecule has 0 bridgehead atoms. The van der Waals surface area contributed by atoms with E-state index < -0.39 is 0 Å². The lowest BCUT2D eigenvalue weighted by atomic mass is 9.98. The average molecular weight is 502 g/mol. The summed E-state index contributed by atoms with van der Waals surface area (Å²) in [5.74, 6) is 0.834. The van der Waals surface area contributed by atoms with Gasteiger partial charge in [0.1, 0.15) is 18.0 Å². The van der Waals surface area contributed by atoms with Crippen molar-refractivity contribution in [2.45, 2.75) is 12.5 Å². The van der Waals surface area contributed by atoms with Crippen molar-refractivity contribution in [1.29, 1.82) is 0 Å². The first-order chi connectivity index (χ1) is 18.0. The molecule has 37 heavy (non-hydrogen) atoms. The Kier molecular flexibility index (Phi) is 8.53. The van der Waals surface area contributed by atoms with E-state index >= 15 is 0 Å². The largest absolute Gasteiger partial charge is 0.497 e. The van der Waals surface area contributed by atoms with Crippen molar-refractivity contribution in [3.63, 3.8) is 0 Å². The van der Waals surface area contributed by atoms with Crippen molar-refractivity contribution in [2.75, 3.05) is 41.0 Å². The summed E-state index contributed by atoms with van der Waals surface area (Å²) >= 11 is 0. The highest BCUT2D eigenvalue weighted by Crippen LogP contribution is 2.33. The third-order valence-corrected chi connectivity index (χ3v) is 6.27. The van der Waals surface area contributed by atoms with Gasteiger partial charge in [-0.25, -0.2) is 5.01 Å². The number of hydrogen-bond donors (Lipinski definition) is 0. The highest BCUT2D eigenvalue weighted by Gasteiger charge is 2.34. The highest BCUT2D eigenvalue weighted by atomic mass is 16.5. The molecule has 0 radical (unpaired) electrons. The van der Waals surface area contributed by atoms with Gasteiger partial charge in [0.2, 0.25) is 0 Å². The summed E-state index contributed by atoms with van der Waals surface area (Å²) < 4.78 is 15.8. The molecule has 2 amide bonds. The monoisotopic (exact) mass is 501 g/mol. The van der Waals surface area contributed by atoms with Gasteiger partial charge in [0.25, 0.3) is 11.8 Å². The number of carbonyl (C=O) groups excluding carboxylic acids is 2. The minimum Gasteiger partial charge on any atom is -0.497 e. The molecule has 0 spiro atoms. The Morgan fingerprint density at radius 2 is 1.65 bits per heavy atom. The number of rotatable bonds is 10. The van der Waals surface area contributed by atoms with Crippen LogP contribution in [0.2, 0.25) is 0 Å². The Bertz CT molecular complexity index is 1240. The van der Waals surface area contributed by atoms with Crippen molar-refractivity contribution in [1.82, 2.24) is 9.91 Å². The zero-order valence-electron chi connectivity index (χ0n) is 21.3. The lowest BCUT2D eigenvalue weighted by Crippen LogP contribution is -2.42. The summed E-state index contributed by atoms with van der Waals surface area (Å²) in [6.45, 7) is 0.436. The standard InChI is InChI=1S/C29H31N3O5/c1-35-17-16-31(29(34)22-12-14-24(36-2)15-13-22)20-28(33)32-27(21-8-5-4-6-9-21)19-26(30-32)23-10-7-11-25(18-23)37-3/h4-15,18,27H,16-17,19-20H2,1-3H3/t27-/m0/s1. The van der Waals surface area contributed by atoms with Crippen molar-refractivity contribution in [2.24, 2.45) is 5.10 Å². The van der Waals surface area contributed by atoms with Crippen LogP contribution in [0.5, 0.6) is 11.5 Å². The zero-order valence-corrected chi connectivity index (χ0v) is 21.3. The first kappa shape index (κ1) is 25.9. The van der Waals surface area contributed by atoms with Gasteiger partial charge in [-0.1, -0.05) is 42.5 Å². The predicted molar refractivity (Wildman–Crippen MR) is 141 cm³/mol. The predicted octanol–water partition coefficient (Wildman–Crippen LogP) is 4.17. The fourth-order valence-corrected chi connectivity index (χ4v) is 4.26. The number of carbonyl (C=O) groups is 2. The van der Waals surface area contributed by atoms with Gasteiger partial charge < -0.3 is 19.1 Å². The molecular weight excluding hydrogens is 470 g/mol. The van der Waals surface area contributed by atoms with Gasteiger partial charge in [-0.05, 0) is 42.0 Å². The van der Waals surface area contributed by atoms with Crippen LogP contribution in [-0.4, -0.2) is 68.5 Å². The van der Waals surface area contributed by atoms with E-state index in [0.717, 1.165) is 22.6 Å². The molecule has 0 saturated carbocycles. The Labute approximate surface area is 217 Å². The Morgan fingerprint density at radius 1 is 0.919 bits per heavy atom. The van der Waals surface area contributed by atoms with E-state index in [2.05, 4.69) is 0 Å². The van der Waals surface area contributed by atoms with Crippen molar-refractivity contribution in [3.05, 3.63) is 95.6 Å². The van der Waals surface area contributed by atoms with Crippen LogP contribution in [0.25, 0.3) is 0 Å². The summed E-state index contributed by atoms with van der Waals surface area (Å²) in [6.07, 6.45) is 0.549. The normalized spacial score (nSPS) is 14.7. The summed E-state index contributed by atoms with van der Waals surface area (Å²) in [6, 6.07) is 24.0. The van der Waals surface area contributed by atoms with E-state index in [0.29, 0.717) is 24.3 Å². The van der Waals surface area contributed by atoms with Crippen molar-refractivity contribution < 1.29 is 23.8 Å². The van der Waals surface area contributed by atoms with Crippen molar-refractivity contribution in [3.8, 4) is 11.5 Å². The number of ether oxygens (including phenoxy) is 3. The lowest BCUT2D eigenvalue weighted by Gasteiger charge is -2.27. The second-order valence-corrected chi connectivity index (χ2v) is 8.60. The molecule has 4 rings (SSSR count). The van der Waals surface area contributed by atoms with Gasteiger partial charge in [-0.15, -0.1) is 0 Å². The molecule has 0 fully saturated rings. The molecule has 1 atom stereocenters. The minimum atomic E-state index is -0.282. The fraction of sp³-hybridized carbons (Fsp3) is 0.276.